The van der Waals surface area contributed by atoms with Crippen molar-refractivity contribution in [2.24, 2.45) is 5.92 Å². The highest BCUT2D eigenvalue weighted by atomic mass is 16.5. The number of amides is 1. The van der Waals surface area contributed by atoms with Crippen molar-refractivity contribution < 1.29 is 9.53 Å². The summed E-state index contributed by atoms with van der Waals surface area (Å²) in [5, 5.41) is 6.95. The van der Waals surface area contributed by atoms with Crippen LogP contribution in [0, 0.1) is 5.92 Å². The number of benzene rings is 1. The number of carbonyl (C=O) groups excluding carboxylic acids is 1. The van der Waals surface area contributed by atoms with Crippen molar-refractivity contribution in [2.45, 2.75) is 32.9 Å². The lowest BCUT2D eigenvalue weighted by Gasteiger charge is -2.30. The van der Waals surface area contributed by atoms with Gasteiger partial charge in [0.25, 0.3) is 11.5 Å². The topological polar surface area (TPSA) is 76.5 Å². The van der Waals surface area contributed by atoms with Crippen LogP contribution in [0.15, 0.2) is 41.2 Å². The zero-order valence-electron chi connectivity index (χ0n) is 16.6. The molecule has 0 spiro atoms. The average molecular weight is 384 g/mol. The first-order valence-corrected chi connectivity index (χ1v) is 9.75. The van der Waals surface area contributed by atoms with E-state index in [1.54, 1.807) is 7.11 Å². The molecule has 1 amide bonds. The summed E-state index contributed by atoms with van der Waals surface area (Å²) in [6.07, 6.45) is 2.57. The Morgan fingerprint density at radius 3 is 2.75 bits per heavy atom. The van der Waals surface area contributed by atoms with Crippen LogP contribution < -0.4 is 10.9 Å². The van der Waals surface area contributed by atoms with Crippen molar-refractivity contribution in [1.29, 1.82) is 0 Å². The summed E-state index contributed by atoms with van der Waals surface area (Å²) in [6.45, 7) is 6.19. The van der Waals surface area contributed by atoms with Crippen molar-refractivity contribution in [1.82, 2.24) is 14.7 Å². The second-order valence-electron chi connectivity index (χ2n) is 7.41. The molecule has 1 aromatic carbocycles. The lowest BCUT2D eigenvalue weighted by molar-refractivity contribution is 0.101. The minimum Gasteiger partial charge on any atom is -0.383 e. The van der Waals surface area contributed by atoms with E-state index in [0.29, 0.717) is 18.8 Å². The van der Waals surface area contributed by atoms with Gasteiger partial charge in [0, 0.05) is 32.0 Å². The van der Waals surface area contributed by atoms with Crippen molar-refractivity contribution in [3.05, 3.63) is 58.0 Å². The molecule has 2 aromatic rings. The first-order valence-electron chi connectivity index (χ1n) is 9.75. The van der Waals surface area contributed by atoms with Crippen LogP contribution in [0.5, 0.6) is 0 Å². The molecule has 7 heteroatoms. The highest BCUT2D eigenvalue weighted by Gasteiger charge is 2.16. The molecule has 2 heterocycles. The third-order valence-electron chi connectivity index (χ3n) is 4.97. The monoisotopic (exact) mass is 384 g/mol. The van der Waals surface area contributed by atoms with E-state index in [4.69, 9.17) is 4.74 Å². The minimum atomic E-state index is -0.344. The lowest BCUT2D eigenvalue weighted by atomic mass is 10.00. The van der Waals surface area contributed by atoms with Crippen LogP contribution in [-0.4, -0.2) is 47.4 Å². The van der Waals surface area contributed by atoms with E-state index >= 15 is 0 Å². The van der Waals surface area contributed by atoms with Crippen LogP contribution in [-0.2, 0) is 17.8 Å². The van der Waals surface area contributed by atoms with E-state index in [9.17, 15) is 9.59 Å². The molecule has 0 radical (unpaired) electrons. The molecule has 28 heavy (non-hydrogen) atoms. The zero-order valence-corrected chi connectivity index (χ0v) is 16.6. The Morgan fingerprint density at radius 2 is 2.04 bits per heavy atom. The number of nitrogens with one attached hydrogen (secondary N) is 1. The van der Waals surface area contributed by atoms with E-state index in [1.807, 2.05) is 24.3 Å². The predicted octanol–water partition coefficient (Wildman–Crippen LogP) is 2.37. The quantitative estimate of drug-likeness (QED) is 0.793. The van der Waals surface area contributed by atoms with Gasteiger partial charge in [0.05, 0.1) is 13.2 Å². The zero-order chi connectivity index (χ0) is 19.9. The molecule has 3 rings (SSSR count). The summed E-state index contributed by atoms with van der Waals surface area (Å²) in [6, 6.07) is 10.7. The lowest BCUT2D eigenvalue weighted by Crippen LogP contribution is -2.33. The van der Waals surface area contributed by atoms with Crippen molar-refractivity contribution in [3.8, 4) is 0 Å². The number of hydrogen-bond acceptors (Lipinski definition) is 5. The first kappa shape index (κ1) is 20.2. The number of anilines is 1. The SMILES string of the molecule is COCCn1nc(C(=O)Nc2ccc(CN3CCCC(C)C3)cc2)ccc1=O. The van der Waals surface area contributed by atoms with Crippen LogP contribution in [0.4, 0.5) is 5.69 Å². The van der Waals surface area contributed by atoms with E-state index in [0.717, 1.165) is 25.6 Å². The Balaban J connectivity index is 1.60. The van der Waals surface area contributed by atoms with E-state index in [2.05, 4.69) is 22.2 Å². The first-order chi connectivity index (χ1) is 13.5. The van der Waals surface area contributed by atoms with Gasteiger partial charge in [-0.2, -0.15) is 5.10 Å². The number of methoxy groups -OCH3 is 1. The molecule has 1 unspecified atom stereocenters. The van der Waals surface area contributed by atoms with E-state index < -0.39 is 0 Å². The molecule has 1 aliphatic heterocycles. The fourth-order valence-corrected chi connectivity index (χ4v) is 3.49. The average Bonchev–Trinajstić information content (AvgIpc) is 2.69. The number of rotatable bonds is 7. The van der Waals surface area contributed by atoms with Gasteiger partial charge in [-0.15, -0.1) is 0 Å². The van der Waals surface area contributed by atoms with Gasteiger partial charge in [-0.1, -0.05) is 19.1 Å². The maximum Gasteiger partial charge on any atom is 0.276 e. The molecular weight excluding hydrogens is 356 g/mol. The van der Waals surface area contributed by atoms with Crippen LogP contribution in [0.1, 0.15) is 35.8 Å². The largest absolute Gasteiger partial charge is 0.383 e. The van der Waals surface area contributed by atoms with E-state index in [-0.39, 0.29) is 17.2 Å². The number of aromatic nitrogens is 2. The summed E-state index contributed by atoms with van der Waals surface area (Å²) in [4.78, 5) is 26.7. The number of ether oxygens (including phenoxy) is 1. The van der Waals surface area contributed by atoms with Crippen LogP contribution >= 0.6 is 0 Å². The Hall–Kier alpha value is -2.51. The van der Waals surface area contributed by atoms with Crippen LogP contribution in [0.2, 0.25) is 0 Å². The number of nitrogens with zero attached hydrogens (tertiary/aromatic N) is 3. The number of likely N-dealkylation sites (tertiary alicyclic amines) is 1. The van der Waals surface area contributed by atoms with E-state index in [1.165, 1.54) is 35.2 Å². The molecule has 1 aliphatic rings. The van der Waals surface area contributed by atoms with Crippen LogP contribution in [0.25, 0.3) is 0 Å². The van der Waals surface area contributed by atoms with Gasteiger partial charge in [0.15, 0.2) is 0 Å². The Labute approximate surface area is 165 Å². The van der Waals surface area contributed by atoms with Gasteiger partial charge >= 0.3 is 0 Å². The number of piperidine rings is 1. The Kier molecular flexibility index (Phi) is 6.95. The smallest absolute Gasteiger partial charge is 0.276 e. The highest BCUT2D eigenvalue weighted by Crippen LogP contribution is 2.19. The summed E-state index contributed by atoms with van der Waals surface area (Å²) >= 11 is 0. The fourth-order valence-electron chi connectivity index (χ4n) is 3.49. The van der Waals surface area contributed by atoms with Gasteiger partial charge in [-0.25, -0.2) is 4.68 Å². The van der Waals surface area contributed by atoms with Gasteiger partial charge in [-0.3, -0.25) is 14.5 Å². The highest BCUT2D eigenvalue weighted by molar-refractivity contribution is 6.02. The fraction of sp³-hybridized carbons (Fsp3) is 0.476. The normalized spacial score (nSPS) is 17.4. The molecule has 1 fully saturated rings. The van der Waals surface area contributed by atoms with Crippen molar-refractivity contribution in [3.63, 3.8) is 0 Å². The standard InChI is InChI=1S/C21H28N4O3/c1-16-4-3-11-24(14-16)15-17-5-7-18(8-6-17)22-21(27)19-9-10-20(26)25(23-19)12-13-28-2/h5-10,16H,3-4,11-15H2,1-2H3,(H,22,27). The molecule has 0 bridgehead atoms. The molecule has 7 nitrogen and oxygen atoms in total. The molecule has 1 N–H and O–H groups in total. The van der Waals surface area contributed by atoms with Gasteiger partial charge in [0.2, 0.25) is 0 Å². The maximum absolute atomic E-state index is 12.5. The number of carbonyl (C=O) groups is 1. The third kappa shape index (κ3) is 5.50. The van der Waals surface area contributed by atoms with Gasteiger partial charge in [0.1, 0.15) is 5.69 Å². The minimum absolute atomic E-state index is 0.196. The number of hydrogen-bond donors (Lipinski definition) is 1. The molecule has 0 saturated carbocycles. The third-order valence-corrected chi connectivity index (χ3v) is 4.97. The van der Waals surface area contributed by atoms with Crippen molar-refractivity contribution >= 4 is 11.6 Å². The Morgan fingerprint density at radius 1 is 1.25 bits per heavy atom. The molecular formula is C21H28N4O3. The summed E-state index contributed by atoms with van der Waals surface area (Å²) in [5.74, 6) is 0.413. The predicted molar refractivity (Wildman–Crippen MR) is 108 cm³/mol. The van der Waals surface area contributed by atoms with Crippen LogP contribution in [0.3, 0.4) is 0 Å². The molecule has 1 atom stereocenters. The summed E-state index contributed by atoms with van der Waals surface area (Å²) < 4.78 is 6.20. The molecule has 150 valence electrons. The van der Waals surface area contributed by atoms with Gasteiger partial charge < -0.3 is 10.1 Å². The van der Waals surface area contributed by atoms with Crippen molar-refractivity contribution in [2.75, 3.05) is 32.1 Å². The second-order valence-corrected chi connectivity index (χ2v) is 7.41. The second kappa shape index (κ2) is 9.61. The molecule has 0 aliphatic carbocycles. The summed E-state index contributed by atoms with van der Waals surface area (Å²) in [5.41, 5.74) is 1.88. The molecule has 1 saturated heterocycles. The summed E-state index contributed by atoms with van der Waals surface area (Å²) in [7, 11) is 1.55. The Bertz CT molecular complexity index is 847. The van der Waals surface area contributed by atoms with Gasteiger partial charge in [-0.05, 0) is 49.1 Å². The molecule has 1 aromatic heterocycles. The maximum atomic E-state index is 12.5.